The van der Waals surface area contributed by atoms with E-state index in [0.29, 0.717) is 19.3 Å². The van der Waals surface area contributed by atoms with Crippen molar-refractivity contribution >= 4 is 11.9 Å². The van der Waals surface area contributed by atoms with Gasteiger partial charge in [0.2, 0.25) is 5.91 Å². The zero-order valence-electron chi connectivity index (χ0n) is 41.8. The molecule has 0 radical (unpaired) electrons. The van der Waals surface area contributed by atoms with Crippen molar-refractivity contribution in [2.75, 3.05) is 6.61 Å². The second-order valence-corrected chi connectivity index (χ2v) is 19.0. The van der Waals surface area contributed by atoms with Gasteiger partial charge in [-0.15, -0.1) is 0 Å². The second-order valence-electron chi connectivity index (χ2n) is 19.0. The minimum Gasteiger partial charge on any atom is -0.462 e. The topological polar surface area (TPSA) is 95.9 Å². The number of esters is 1. The van der Waals surface area contributed by atoms with E-state index in [9.17, 15) is 19.8 Å². The molecule has 0 heterocycles. The van der Waals surface area contributed by atoms with Gasteiger partial charge in [-0.05, 0) is 44.9 Å². The summed E-state index contributed by atoms with van der Waals surface area (Å²) in [6.07, 6.45) is 58.2. The average Bonchev–Trinajstić information content (AvgIpc) is 3.26. The van der Waals surface area contributed by atoms with Crippen LogP contribution in [0.3, 0.4) is 0 Å². The molecule has 3 atom stereocenters. The molecule has 0 bridgehead atoms. The van der Waals surface area contributed by atoms with Gasteiger partial charge in [0.25, 0.3) is 0 Å². The molecular formula is C56H107NO5. The van der Waals surface area contributed by atoms with Gasteiger partial charge in [0.1, 0.15) is 6.10 Å². The highest BCUT2D eigenvalue weighted by Gasteiger charge is 2.24. The maximum absolute atomic E-state index is 13.2. The van der Waals surface area contributed by atoms with Gasteiger partial charge in [0, 0.05) is 6.42 Å². The van der Waals surface area contributed by atoms with E-state index in [2.05, 4.69) is 50.4 Å². The fourth-order valence-electron chi connectivity index (χ4n) is 8.61. The molecule has 0 spiro atoms. The number of carbonyl (C=O) groups excluding carboxylic acids is 2. The van der Waals surface area contributed by atoms with E-state index in [4.69, 9.17) is 4.74 Å². The summed E-state index contributed by atoms with van der Waals surface area (Å²) in [6, 6.07) is -0.711. The number of hydrogen-bond donors (Lipinski definition) is 3. The van der Waals surface area contributed by atoms with Crippen LogP contribution in [0.1, 0.15) is 297 Å². The SMILES string of the molecule is CCCCCCCCC/C=C/C=C/CCCC(CC(=O)NC(CO)C(O)CCCCCCCCCCCCCC)OC(=O)CCCCCCCCCCCCCCCCCCC. The molecule has 0 aliphatic rings. The van der Waals surface area contributed by atoms with Gasteiger partial charge in [-0.2, -0.15) is 0 Å². The van der Waals surface area contributed by atoms with Crippen LogP contribution in [0.4, 0.5) is 0 Å². The first-order valence-electron chi connectivity index (χ1n) is 27.6. The summed E-state index contributed by atoms with van der Waals surface area (Å²) in [5.41, 5.74) is 0. The average molecular weight is 874 g/mol. The first-order chi connectivity index (χ1) is 30.5. The van der Waals surface area contributed by atoms with E-state index in [-0.39, 0.29) is 24.9 Å². The lowest BCUT2D eigenvalue weighted by Gasteiger charge is -2.24. The van der Waals surface area contributed by atoms with Crippen molar-refractivity contribution in [3.8, 4) is 0 Å². The van der Waals surface area contributed by atoms with Crippen molar-refractivity contribution < 1.29 is 24.5 Å². The number of nitrogens with one attached hydrogen (secondary N) is 1. The fraction of sp³-hybridized carbons (Fsp3) is 0.893. The van der Waals surface area contributed by atoms with Gasteiger partial charge in [-0.25, -0.2) is 0 Å². The Morgan fingerprint density at radius 1 is 0.468 bits per heavy atom. The molecule has 0 saturated carbocycles. The highest BCUT2D eigenvalue weighted by Crippen LogP contribution is 2.18. The molecular weight excluding hydrogens is 767 g/mol. The van der Waals surface area contributed by atoms with Crippen LogP contribution in [0.2, 0.25) is 0 Å². The lowest BCUT2D eigenvalue weighted by Crippen LogP contribution is -2.46. The van der Waals surface area contributed by atoms with E-state index >= 15 is 0 Å². The molecule has 0 aromatic heterocycles. The smallest absolute Gasteiger partial charge is 0.306 e. The van der Waals surface area contributed by atoms with Gasteiger partial charge in [-0.3, -0.25) is 9.59 Å². The number of rotatable bonds is 50. The number of unbranched alkanes of at least 4 members (excludes halogenated alkanes) is 35. The van der Waals surface area contributed by atoms with Crippen LogP contribution in [0, 0.1) is 0 Å². The molecule has 366 valence electrons. The maximum atomic E-state index is 13.2. The van der Waals surface area contributed by atoms with Crippen LogP contribution in [-0.4, -0.2) is 46.9 Å². The quantitative estimate of drug-likeness (QED) is 0.0321. The van der Waals surface area contributed by atoms with Crippen molar-refractivity contribution in [2.24, 2.45) is 0 Å². The summed E-state index contributed by atoms with van der Waals surface area (Å²) in [5, 5.41) is 23.8. The molecule has 6 nitrogen and oxygen atoms in total. The van der Waals surface area contributed by atoms with E-state index in [1.54, 1.807) is 0 Å². The molecule has 0 aliphatic carbocycles. The van der Waals surface area contributed by atoms with Crippen LogP contribution in [0.25, 0.3) is 0 Å². The Morgan fingerprint density at radius 3 is 1.23 bits per heavy atom. The largest absolute Gasteiger partial charge is 0.462 e. The Morgan fingerprint density at radius 2 is 0.823 bits per heavy atom. The number of carbonyl (C=O) groups is 2. The summed E-state index contributed by atoms with van der Waals surface area (Å²) in [4.78, 5) is 26.2. The van der Waals surface area contributed by atoms with Gasteiger partial charge in [-0.1, -0.05) is 263 Å². The number of aliphatic hydroxyl groups is 2. The van der Waals surface area contributed by atoms with Crippen LogP contribution in [0.5, 0.6) is 0 Å². The van der Waals surface area contributed by atoms with E-state index in [1.165, 1.54) is 193 Å². The summed E-state index contributed by atoms with van der Waals surface area (Å²) in [6.45, 7) is 6.49. The van der Waals surface area contributed by atoms with Gasteiger partial charge in [0.15, 0.2) is 0 Å². The predicted octanol–water partition coefficient (Wildman–Crippen LogP) is 16.7. The van der Waals surface area contributed by atoms with Crippen molar-refractivity contribution in [3.63, 3.8) is 0 Å². The number of amides is 1. The standard InChI is InChI=1S/C56H107NO5/c1-4-7-10-13-16-19-22-25-27-28-29-31-34-37-40-43-46-49-56(61)62-52(47-44-41-38-35-32-30-26-23-20-17-14-11-8-5-2)50-55(60)57-53(51-58)54(59)48-45-42-39-36-33-24-21-18-15-12-9-6-3/h30,32,35,38,52-54,58-59H,4-29,31,33-34,36-37,39-51H2,1-3H3,(H,57,60)/b32-30+,38-35+. The second kappa shape index (κ2) is 50.3. The van der Waals surface area contributed by atoms with Gasteiger partial charge in [0.05, 0.1) is 25.2 Å². The van der Waals surface area contributed by atoms with Crippen molar-refractivity contribution in [1.29, 1.82) is 0 Å². The predicted molar refractivity (Wildman–Crippen MR) is 269 cm³/mol. The molecule has 0 aliphatic heterocycles. The van der Waals surface area contributed by atoms with Gasteiger partial charge >= 0.3 is 5.97 Å². The monoisotopic (exact) mass is 874 g/mol. The third-order valence-corrected chi connectivity index (χ3v) is 12.8. The van der Waals surface area contributed by atoms with Crippen LogP contribution in [-0.2, 0) is 14.3 Å². The molecule has 0 aromatic carbocycles. The van der Waals surface area contributed by atoms with Crippen molar-refractivity contribution in [3.05, 3.63) is 24.3 Å². The van der Waals surface area contributed by atoms with Crippen LogP contribution >= 0.6 is 0 Å². The van der Waals surface area contributed by atoms with Crippen molar-refractivity contribution in [2.45, 2.75) is 315 Å². The maximum Gasteiger partial charge on any atom is 0.306 e. The molecule has 0 fully saturated rings. The molecule has 6 heteroatoms. The first kappa shape index (κ1) is 60.3. The zero-order chi connectivity index (χ0) is 45.2. The molecule has 0 saturated heterocycles. The summed E-state index contributed by atoms with van der Waals surface area (Å²) >= 11 is 0. The number of ether oxygens (including phenoxy) is 1. The van der Waals surface area contributed by atoms with Gasteiger partial charge < -0.3 is 20.3 Å². The molecule has 0 aromatic rings. The molecule has 3 N–H and O–H groups in total. The summed E-state index contributed by atoms with van der Waals surface area (Å²) in [5.74, 6) is -0.504. The lowest BCUT2D eigenvalue weighted by atomic mass is 10.0. The van der Waals surface area contributed by atoms with E-state index in [1.807, 2.05) is 0 Å². The number of hydrogen-bond acceptors (Lipinski definition) is 5. The summed E-state index contributed by atoms with van der Waals surface area (Å²) in [7, 11) is 0. The summed E-state index contributed by atoms with van der Waals surface area (Å²) < 4.78 is 5.93. The Hall–Kier alpha value is -1.66. The first-order valence-corrected chi connectivity index (χ1v) is 27.6. The molecule has 62 heavy (non-hydrogen) atoms. The van der Waals surface area contributed by atoms with Crippen LogP contribution in [0.15, 0.2) is 24.3 Å². The Bertz CT molecular complexity index is 981. The Kier molecular flexibility index (Phi) is 49.0. The third kappa shape index (κ3) is 44.9. The third-order valence-electron chi connectivity index (χ3n) is 12.8. The molecule has 3 unspecified atom stereocenters. The number of allylic oxidation sites excluding steroid dienone is 4. The number of aliphatic hydroxyl groups excluding tert-OH is 2. The van der Waals surface area contributed by atoms with E-state index in [0.717, 1.165) is 57.8 Å². The minimum atomic E-state index is -0.795. The lowest BCUT2D eigenvalue weighted by molar-refractivity contribution is -0.151. The highest BCUT2D eigenvalue weighted by molar-refractivity contribution is 5.77. The Balaban J connectivity index is 4.57. The normalized spacial score (nSPS) is 13.3. The van der Waals surface area contributed by atoms with E-state index < -0.39 is 18.2 Å². The van der Waals surface area contributed by atoms with Crippen molar-refractivity contribution in [1.82, 2.24) is 5.32 Å². The molecule has 0 rings (SSSR count). The zero-order valence-corrected chi connectivity index (χ0v) is 41.8. The highest BCUT2D eigenvalue weighted by atomic mass is 16.5. The minimum absolute atomic E-state index is 0.0503. The fourth-order valence-corrected chi connectivity index (χ4v) is 8.61. The Labute approximate surface area is 386 Å². The molecule has 1 amide bonds. The van der Waals surface area contributed by atoms with Crippen LogP contribution < -0.4 is 5.32 Å².